The summed E-state index contributed by atoms with van der Waals surface area (Å²) in [5, 5.41) is 0.647. The topological polar surface area (TPSA) is 59.2 Å². The fourth-order valence-corrected chi connectivity index (χ4v) is 1.78. The van der Waals surface area contributed by atoms with Gasteiger partial charge in [0.05, 0.1) is 18.2 Å². The predicted molar refractivity (Wildman–Crippen MR) is 66.0 cm³/mol. The number of nitrogens with one attached hydrogen (secondary N) is 1. The van der Waals surface area contributed by atoms with Gasteiger partial charge in [-0.05, 0) is 6.07 Å². The largest absolute Gasteiger partial charge is 0.465 e. The Morgan fingerprint density at radius 1 is 1.41 bits per heavy atom. The summed E-state index contributed by atoms with van der Waals surface area (Å²) in [6.07, 6.45) is 1.36. The molecule has 17 heavy (non-hydrogen) atoms. The summed E-state index contributed by atoms with van der Waals surface area (Å²) in [6.45, 7) is 3.55. The van der Waals surface area contributed by atoms with Gasteiger partial charge in [0.1, 0.15) is 0 Å². The molecule has 0 aliphatic carbocycles. The average molecular weight is 229 g/mol. The molecule has 1 heterocycles. The Morgan fingerprint density at radius 2 is 2.12 bits per heavy atom. The smallest absolute Gasteiger partial charge is 0.339 e. The average Bonchev–Trinajstić information content (AvgIpc) is 2.36. The van der Waals surface area contributed by atoms with Gasteiger partial charge in [0.25, 0.3) is 5.56 Å². The van der Waals surface area contributed by atoms with Crippen LogP contribution in [-0.4, -0.2) is 18.1 Å². The molecule has 0 fully saturated rings. The number of ether oxygens (including phenoxy) is 1. The van der Waals surface area contributed by atoms with Crippen LogP contribution in [0.4, 0.5) is 0 Å². The molecule has 0 aliphatic rings. The number of esters is 1. The lowest BCUT2D eigenvalue weighted by Crippen LogP contribution is -2.17. The second-order valence-electron chi connectivity index (χ2n) is 3.48. The Labute approximate surface area is 97.5 Å². The number of aromatic nitrogens is 1. The third-order valence-corrected chi connectivity index (χ3v) is 2.55. The minimum atomic E-state index is -0.540. The van der Waals surface area contributed by atoms with E-state index in [2.05, 4.69) is 11.6 Å². The normalized spacial score (nSPS) is 10.2. The Hall–Kier alpha value is -2.36. The van der Waals surface area contributed by atoms with E-state index in [1.54, 1.807) is 24.3 Å². The molecule has 0 saturated heterocycles. The number of hydrogen-bond donors (Lipinski definition) is 1. The van der Waals surface area contributed by atoms with Crippen LogP contribution in [0.5, 0.6) is 0 Å². The molecule has 2 rings (SSSR count). The van der Waals surface area contributed by atoms with Crippen molar-refractivity contribution in [2.45, 2.75) is 0 Å². The molecule has 0 aliphatic heterocycles. The van der Waals surface area contributed by atoms with Crippen molar-refractivity contribution in [1.82, 2.24) is 4.98 Å². The van der Waals surface area contributed by atoms with Crippen LogP contribution >= 0.6 is 0 Å². The van der Waals surface area contributed by atoms with E-state index in [9.17, 15) is 9.59 Å². The summed E-state index contributed by atoms with van der Waals surface area (Å²) in [6, 6.07) is 7.06. The number of carbonyl (C=O) groups is 1. The van der Waals surface area contributed by atoms with Crippen LogP contribution in [0.25, 0.3) is 17.0 Å². The van der Waals surface area contributed by atoms with Crippen molar-refractivity contribution in [3.63, 3.8) is 0 Å². The van der Waals surface area contributed by atoms with Crippen LogP contribution in [0.2, 0.25) is 0 Å². The highest BCUT2D eigenvalue weighted by atomic mass is 16.5. The molecule has 4 nitrogen and oxygen atoms in total. The number of aromatic amines is 1. The van der Waals surface area contributed by atoms with Crippen molar-refractivity contribution in [2.24, 2.45) is 0 Å². The van der Waals surface area contributed by atoms with Gasteiger partial charge in [-0.3, -0.25) is 4.79 Å². The standard InChI is InChI=1S/C13H11NO3/c1-3-8-11(13(16)17-2)9-6-4-5-7-10(9)14-12(8)15/h3-7H,1H2,2H3,(H,14,15). The molecule has 1 aromatic heterocycles. The SMILES string of the molecule is C=Cc1c(C(=O)OC)c2ccccc2[nH]c1=O. The van der Waals surface area contributed by atoms with E-state index < -0.39 is 5.97 Å². The first-order valence-corrected chi connectivity index (χ1v) is 5.04. The highest BCUT2D eigenvalue weighted by molar-refractivity contribution is 6.06. The van der Waals surface area contributed by atoms with E-state index in [0.29, 0.717) is 10.9 Å². The maximum absolute atomic E-state index is 11.8. The van der Waals surface area contributed by atoms with Gasteiger partial charge in [0, 0.05) is 10.9 Å². The van der Waals surface area contributed by atoms with Crippen molar-refractivity contribution in [3.05, 3.63) is 52.3 Å². The molecule has 0 saturated carbocycles. The van der Waals surface area contributed by atoms with Crippen LogP contribution in [0.15, 0.2) is 35.6 Å². The molecule has 0 bridgehead atoms. The third kappa shape index (κ3) is 1.73. The minimum absolute atomic E-state index is 0.232. The van der Waals surface area contributed by atoms with Gasteiger partial charge in [0.15, 0.2) is 0 Å². The maximum atomic E-state index is 11.8. The second-order valence-corrected chi connectivity index (χ2v) is 3.48. The van der Waals surface area contributed by atoms with E-state index in [-0.39, 0.29) is 16.7 Å². The van der Waals surface area contributed by atoms with Crippen molar-refractivity contribution in [1.29, 1.82) is 0 Å². The molecule has 0 amide bonds. The summed E-state index contributed by atoms with van der Waals surface area (Å²) in [4.78, 5) is 26.2. The number of pyridine rings is 1. The van der Waals surface area contributed by atoms with Crippen LogP contribution in [0, 0.1) is 0 Å². The van der Waals surface area contributed by atoms with Crippen LogP contribution < -0.4 is 5.56 Å². The molecular formula is C13H11NO3. The first kappa shape index (κ1) is 11.1. The molecular weight excluding hydrogens is 218 g/mol. The Balaban J connectivity index is 2.97. The molecule has 1 aromatic carbocycles. The summed E-state index contributed by atoms with van der Waals surface area (Å²) in [5.41, 5.74) is 0.736. The number of rotatable bonds is 2. The zero-order chi connectivity index (χ0) is 12.4. The number of H-pyrrole nitrogens is 1. The van der Waals surface area contributed by atoms with E-state index in [1.165, 1.54) is 13.2 Å². The molecule has 86 valence electrons. The molecule has 2 aromatic rings. The van der Waals surface area contributed by atoms with Crippen molar-refractivity contribution >= 4 is 22.9 Å². The number of benzene rings is 1. The van der Waals surface area contributed by atoms with Gasteiger partial charge in [0.2, 0.25) is 0 Å². The first-order chi connectivity index (χ1) is 8.19. The van der Waals surface area contributed by atoms with E-state index in [1.807, 2.05) is 0 Å². The lowest BCUT2D eigenvalue weighted by atomic mass is 10.0. The Kier molecular flexibility index (Phi) is 2.78. The molecule has 4 heteroatoms. The minimum Gasteiger partial charge on any atom is -0.465 e. The van der Waals surface area contributed by atoms with E-state index >= 15 is 0 Å². The first-order valence-electron chi connectivity index (χ1n) is 5.04. The number of hydrogen-bond acceptors (Lipinski definition) is 3. The molecule has 0 atom stereocenters. The van der Waals surface area contributed by atoms with E-state index in [0.717, 1.165) is 0 Å². The monoisotopic (exact) mass is 229 g/mol. The van der Waals surface area contributed by atoms with Crippen molar-refractivity contribution in [3.8, 4) is 0 Å². The second kappa shape index (κ2) is 4.25. The molecule has 0 unspecified atom stereocenters. The Bertz CT molecular complexity index is 655. The quantitative estimate of drug-likeness (QED) is 0.801. The molecule has 0 radical (unpaired) electrons. The summed E-state index contributed by atoms with van der Waals surface area (Å²) < 4.78 is 4.70. The van der Waals surface area contributed by atoms with Crippen LogP contribution in [0.1, 0.15) is 15.9 Å². The van der Waals surface area contributed by atoms with Crippen LogP contribution in [-0.2, 0) is 4.74 Å². The number of para-hydroxylation sites is 1. The maximum Gasteiger partial charge on any atom is 0.339 e. The molecule has 1 N–H and O–H groups in total. The lowest BCUT2D eigenvalue weighted by Gasteiger charge is -2.07. The fraction of sp³-hybridized carbons (Fsp3) is 0.0769. The van der Waals surface area contributed by atoms with Crippen LogP contribution in [0.3, 0.4) is 0 Å². The predicted octanol–water partition coefficient (Wildman–Crippen LogP) is 1.96. The third-order valence-electron chi connectivity index (χ3n) is 2.55. The lowest BCUT2D eigenvalue weighted by molar-refractivity contribution is 0.0602. The zero-order valence-corrected chi connectivity index (χ0v) is 9.32. The Morgan fingerprint density at radius 3 is 2.76 bits per heavy atom. The van der Waals surface area contributed by atoms with E-state index in [4.69, 9.17) is 4.74 Å². The van der Waals surface area contributed by atoms with Gasteiger partial charge in [-0.2, -0.15) is 0 Å². The van der Waals surface area contributed by atoms with Gasteiger partial charge < -0.3 is 9.72 Å². The number of fused-ring (bicyclic) bond motifs is 1. The highest BCUT2D eigenvalue weighted by Gasteiger charge is 2.17. The van der Waals surface area contributed by atoms with Crippen molar-refractivity contribution < 1.29 is 9.53 Å². The number of methoxy groups -OCH3 is 1. The number of carbonyl (C=O) groups excluding carboxylic acids is 1. The highest BCUT2D eigenvalue weighted by Crippen LogP contribution is 2.19. The van der Waals surface area contributed by atoms with Gasteiger partial charge in [-0.15, -0.1) is 0 Å². The summed E-state index contributed by atoms with van der Waals surface area (Å²) >= 11 is 0. The summed E-state index contributed by atoms with van der Waals surface area (Å²) in [5.74, 6) is -0.540. The zero-order valence-electron chi connectivity index (χ0n) is 9.32. The van der Waals surface area contributed by atoms with Gasteiger partial charge in [-0.1, -0.05) is 30.9 Å². The van der Waals surface area contributed by atoms with Gasteiger partial charge in [-0.25, -0.2) is 4.79 Å². The molecule has 0 spiro atoms. The van der Waals surface area contributed by atoms with Gasteiger partial charge >= 0.3 is 5.97 Å². The van der Waals surface area contributed by atoms with Crippen molar-refractivity contribution in [2.75, 3.05) is 7.11 Å². The fourth-order valence-electron chi connectivity index (χ4n) is 1.78. The summed E-state index contributed by atoms with van der Waals surface area (Å²) in [7, 11) is 1.28.